The van der Waals surface area contributed by atoms with Gasteiger partial charge >= 0.3 is 0 Å². The van der Waals surface area contributed by atoms with Gasteiger partial charge in [-0.3, -0.25) is 14.7 Å². The Morgan fingerprint density at radius 3 is 2.65 bits per heavy atom. The van der Waals surface area contributed by atoms with Crippen LogP contribution in [0.2, 0.25) is 0 Å². The van der Waals surface area contributed by atoms with E-state index in [4.69, 9.17) is 15.2 Å². The Bertz CT molecular complexity index is 637. The fourth-order valence-corrected chi connectivity index (χ4v) is 5.31. The van der Waals surface area contributed by atoms with Crippen molar-refractivity contribution in [3.05, 3.63) is 29.6 Å². The van der Waals surface area contributed by atoms with Gasteiger partial charge in [-0.1, -0.05) is 6.42 Å². The highest BCUT2D eigenvalue weighted by Crippen LogP contribution is 2.52. The Balaban J connectivity index is 0.00000196. The standard InChI is InChI=1S/C19H27N3O3.ClH/c1-24-19(13-5-7-21-17(9-13)18(20)23)14-3-2-4-15(19)11-22(10-14)16-6-8-25-12-16;/h5,7,9,14-16H,2-4,6,8,10-12H2,1H3,(H2,20,23);1H/t14-,15+,16-,19+;/m0./s1. The van der Waals surface area contributed by atoms with E-state index in [1.807, 2.05) is 19.2 Å². The zero-order valence-electron chi connectivity index (χ0n) is 15.2. The lowest BCUT2D eigenvalue weighted by Crippen LogP contribution is -2.61. The summed E-state index contributed by atoms with van der Waals surface area (Å²) < 4.78 is 11.8. The first kappa shape index (κ1) is 19.5. The molecule has 2 bridgehead atoms. The Hall–Kier alpha value is -1.21. The highest BCUT2D eigenvalue weighted by atomic mass is 35.5. The average Bonchev–Trinajstić information content (AvgIpc) is 3.15. The van der Waals surface area contributed by atoms with E-state index in [9.17, 15) is 4.79 Å². The van der Waals surface area contributed by atoms with Crippen LogP contribution in [0, 0.1) is 11.8 Å². The molecule has 26 heavy (non-hydrogen) atoms. The number of likely N-dealkylation sites (tertiary alicyclic amines) is 1. The van der Waals surface area contributed by atoms with Crippen LogP contribution >= 0.6 is 12.4 Å². The minimum Gasteiger partial charge on any atom is -0.380 e. The summed E-state index contributed by atoms with van der Waals surface area (Å²) in [6, 6.07) is 4.37. The van der Waals surface area contributed by atoms with Crippen molar-refractivity contribution in [2.45, 2.75) is 37.3 Å². The molecule has 144 valence electrons. The molecule has 1 aromatic rings. The Kier molecular flexibility index (Phi) is 5.87. The summed E-state index contributed by atoms with van der Waals surface area (Å²) in [6.45, 7) is 3.76. The second-order valence-corrected chi connectivity index (χ2v) is 7.59. The van der Waals surface area contributed by atoms with E-state index in [-0.39, 0.29) is 18.0 Å². The molecule has 2 aliphatic heterocycles. The maximum absolute atomic E-state index is 11.6. The predicted octanol–water partition coefficient (Wildman–Crippen LogP) is 1.96. The van der Waals surface area contributed by atoms with Gasteiger partial charge in [-0.05, 0) is 37.0 Å². The molecule has 3 heterocycles. The number of pyridine rings is 1. The quantitative estimate of drug-likeness (QED) is 0.862. The molecule has 4 atom stereocenters. The third-order valence-electron chi connectivity index (χ3n) is 6.45. The predicted molar refractivity (Wildman–Crippen MR) is 100 cm³/mol. The van der Waals surface area contributed by atoms with Crippen LogP contribution < -0.4 is 5.73 Å². The van der Waals surface area contributed by atoms with Gasteiger partial charge in [0.25, 0.3) is 5.91 Å². The number of carbonyl (C=O) groups is 1. The summed E-state index contributed by atoms with van der Waals surface area (Å²) in [5.74, 6) is 0.334. The zero-order chi connectivity index (χ0) is 17.4. The van der Waals surface area contributed by atoms with Crippen LogP contribution in [0.1, 0.15) is 41.7 Å². The molecule has 1 aromatic heterocycles. The lowest BCUT2D eigenvalue weighted by molar-refractivity contribution is -0.174. The number of nitrogens with zero attached hydrogens (tertiary/aromatic N) is 2. The molecule has 0 aromatic carbocycles. The van der Waals surface area contributed by atoms with Crippen molar-refractivity contribution in [2.75, 3.05) is 33.4 Å². The molecular weight excluding hydrogens is 354 g/mol. The molecular formula is C19H28ClN3O3. The van der Waals surface area contributed by atoms with Gasteiger partial charge in [0.1, 0.15) is 11.3 Å². The van der Waals surface area contributed by atoms with Crippen LogP contribution in [0.4, 0.5) is 0 Å². The fraction of sp³-hybridized carbons (Fsp3) is 0.684. The number of hydrogen-bond donors (Lipinski definition) is 1. The molecule has 3 aliphatic rings. The van der Waals surface area contributed by atoms with Gasteiger partial charge in [-0.25, -0.2) is 0 Å². The molecule has 4 rings (SSSR count). The number of halogens is 1. The average molecular weight is 382 g/mol. The van der Waals surface area contributed by atoms with Crippen LogP contribution in [0.5, 0.6) is 0 Å². The molecule has 2 N–H and O–H groups in total. The second-order valence-electron chi connectivity index (χ2n) is 7.59. The summed E-state index contributed by atoms with van der Waals surface area (Å²) in [4.78, 5) is 18.3. The molecule has 0 radical (unpaired) electrons. The number of aromatic nitrogens is 1. The number of methoxy groups -OCH3 is 1. The summed E-state index contributed by atoms with van der Waals surface area (Å²) in [5.41, 5.74) is 6.48. The number of primary amides is 1. The molecule has 3 fully saturated rings. The van der Waals surface area contributed by atoms with E-state index in [2.05, 4.69) is 9.88 Å². The first-order chi connectivity index (χ1) is 12.1. The summed E-state index contributed by atoms with van der Waals surface area (Å²) in [5, 5.41) is 0. The minimum atomic E-state index is -0.487. The van der Waals surface area contributed by atoms with Gasteiger partial charge in [0.15, 0.2) is 0 Å². The Labute approximate surface area is 160 Å². The van der Waals surface area contributed by atoms with Crippen LogP contribution in [-0.2, 0) is 15.1 Å². The van der Waals surface area contributed by atoms with Crippen molar-refractivity contribution in [2.24, 2.45) is 17.6 Å². The van der Waals surface area contributed by atoms with Crippen LogP contribution in [0.15, 0.2) is 18.3 Å². The van der Waals surface area contributed by atoms with E-state index < -0.39 is 5.91 Å². The van der Waals surface area contributed by atoms with E-state index in [1.54, 1.807) is 6.20 Å². The molecule has 0 unspecified atom stereocenters. The monoisotopic (exact) mass is 381 g/mol. The summed E-state index contributed by atoms with van der Waals surface area (Å²) >= 11 is 0. The first-order valence-corrected chi connectivity index (χ1v) is 9.28. The van der Waals surface area contributed by atoms with E-state index >= 15 is 0 Å². The number of amides is 1. The molecule has 2 saturated heterocycles. The van der Waals surface area contributed by atoms with Gasteiger partial charge in [0, 0.05) is 50.9 Å². The number of rotatable bonds is 4. The van der Waals surface area contributed by atoms with Crippen molar-refractivity contribution < 1.29 is 14.3 Å². The summed E-state index contributed by atoms with van der Waals surface area (Å²) in [6.07, 6.45) is 6.33. The zero-order valence-corrected chi connectivity index (χ0v) is 16.0. The van der Waals surface area contributed by atoms with E-state index in [1.165, 1.54) is 6.42 Å². The molecule has 1 saturated carbocycles. The lowest BCUT2D eigenvalue weighted by atomic mass is 9.62. The van der Waals surface area contributed by atoms with Crippen molar-refractivity contribution >= 4 is 18.3 Å². The first-order valence-electron chi connectivity index (χ1n) is 9.28. The van der Waals surface area contributed by atoms with Gasteiger partial charge in [0.2, 0.25) is 0 Å². The number of fused-ring (bicyclic) bond motifs is 2. The third kappa shape index (κ3) is 3.13. The maximum Gasteiger partial charge on any atom is 0.267 e. The Morgan fingerprint density at radius 2 is 2.08 bits per heavy atom. The number of nitrogens with two attached hydrogens (primary N) is 1. The number of piperidine rings is 1. The maximum atomic E-state index is 11.6. The van der Waals surface area contributed by atoms with Crippen LogP contribution in [-0.4, -0.2) is 55.2 Å². The highest BCUT2D eigenvalue weighted by molar-refractivity contribution is 5.90. The topological polar surface area (TPSA) is 77.7 Å². The third-order valence-corrected chi connectivity index (χ3v) is 6.45. The summed E-state index contributed by atoms with van der Waals surface area (Å²) in [7, 11) is 1.81. The van der Waals surface area contributed by atoms with Crippen LogP contribution in [0.3, 0.4) is 0 Å². The molecule has 0 spiro atoms. The molecule has 1 aliphatic carbocycles. The highest BCUT2D eigenvalue weighted by Gasteiger charge is 2.54. The van der Waals surface area contributed by atoms with Crippen molar-refractivity contribution in [1.29, 1.82) is 0 Å². The van der Waals surface area contributed by atoms with E-state index in [0.717, 1.165) is 51.1 Å². The van der Waals surface area contributed by atoms with Crippen molar-refractivity contribution in [3.8, 4) is 0 Å². The largest absolute Gasteiger partial charge is 0.380 e. The second kappa shape index (κ2) is 7.80. The smallest absolute Gasteiger partial charge is 0.267 e. The van der Waals surface area contributed by atoms with Gasteiger partial charge < -0.3 is 15.2 Å². The minimum absolute atomic E-state index is 0. The van der Waals surface area contributed by atoms with E-state index in [0.29, 0.717) is 23.6 Å². The van der Waals surface area contributed by atoms with Crippen LogP contribution in [0.25, 0.3) is 0 Å². The SMILES string of the molecule is CO[C@@]1(c2ccnc(C(N)=O)c2)[C@@H]2CCC[C@H]1CN([C@H]1CCOC1)C2.Cl. The fourth-order valence-electron chi connectivity index (χ4n) is 5.31. The molecule has 6 nitrogen and oxygen atoms in total. The number of ether oxygens (including phenoxy) is 2. The van der Waals surface area contributed by atoms with Crippen molar-refractivity contribution in [1.82, 2.24) is 9.88 Å². The number of carbonyl (C=O) groups excluding carboxylic acids is 1. The van der Waals surface area contributed by atoms with Gasteiger partial charge in [-0.2, -0.15) is 0 Å². The number of hydrogen-bond acceptors (Lipinski definition) is 5. The normalized spacial score (nSPS) is 34.3. The van der Waals surface area contributed by atoms with Crippen molar-refractivity contribution in [3.63, 3.8) is 0 Å². The Morgan fingerprint density at radius 1 is 1.35 bits per heavy atom. The molecule has 7 heteroatoms. The van der Waals surface area contributed by atoms with Gasteiger partial charge in [-0.15, -0.1) is 12.4 Å². The van der Waals surface area contributed by atoms with Gasteiger partial charge in [0.05, 0.1) is 6.61 Å². The lowest BCUT2D eigenvalue weighted by Gasteiger charge is -2.56. The molecule has 1 amide bonds.